The van der Waals surface area contributed by atoms with Crippen molar-refractivity contribution in [1.29, 1.82) is 0 Å². The van der Waals surface area contributed by atoms with Gasteiger partial charge in [0, 0.05) is 22.2 Å². The first-order chi connectivity index (χ1) is 9.54. The van der Waals surface area contributed by atoms with E-state index < -0.39 is 0 Å². The summed E-state index contributed by atoms with van der Waals surface area (Å²) < 4.78 is 0. The topological polar surface area (TPSA) is 57.8 Å². The Labute approximate surface area is 127 Å². The quantitative estimate of drug-likeness (QED) is 0.890. The number of aromatic amines is 1. The first-order valence-corrected chi connectivity index (χ1v) is 7.00. The van der Waals surface area contributed by atoms with Gasteiger partial charge in [0.05, 0.1) is 18.6 Å². The maximum atomic E-state index is 11.8. The van der Waals surface area contributed by atoms with Crippen LogP contribution in [0.25, 0.3) is 0 Å². The Bertz CT molecular complexity index is 590. The highest BCUT2D eigenvalue weighted by atomic mass is 35.5. The van der Waals surface area contributed by atoms with E-state index in [2.05, 4.69) is 15.3 Å². The number of halogens is 2. The molecule has 0 fully saturated rings. The largest absolute Gasteiger partial charge is 0.350 e. The lowest BCUT2D eigenvalue weighted by Gasteiger charge is -2.05. The molecule has 0 spiro atoms. The van der Waals surface area contributed by atoms with Crippen LogP contribution in [0, 0.1) is 6.92 Å². The first-order valence-electron chi connectivity index (χ1n) is 6.25. The number of H-pyrrole nitrogens is 1. The molecular formula is C14H15Cl2N3O. The molecule has 0 aliphatic heterocycles. The highest BCUT2D eigenvalue weighted by molar-refractivity contribution is 6.34. The molecular weight excluding hydrogens is 297 g/mol. The van der Waals surface area contributed by atoms with E-state index in [1.54, 1.807) is 12.4 Å². The highest BCUT2D eigenvalue weighted by Gasteiger charge is 2.06. The van der Waals surface area contributed by atoms with Crippen LogP contribution < -0.4 is 5.32 Å². The Kier molecular flexibility index (Phi) is 5.04. The molecule has 0 saturated carbocycles. The monoisotopic (exact) mass is 311 g/mol. The molecule has 0 aliphatic carbocycles. The number of carbonyl (C=O) groups excluding carboxylic acids is 1. The summed E-state index contributed by atoms with van der Waals surface area (Å²) in [5.41, 5.74) is 2.77. The van der Waals surface area contributed by atoms with Gasteiger partial charge >= 0.3 is 0 Å². The summed E-state index contributed by atoms with van der Waals surface area (Å²) in [5, 5.41) is 4.00. The van der Waals surface area contributed by atoms with Gasteiger partial charge in [-0.3, -0.25) is 4.79 Å². The molecule has 2 aromatic rings. The third-order valence-electron chi connectivity index (χ3n) is 2.95. The molecule has 106 valence electrons. The van der Waals surface area contributed by atoms with E-state index in [0.29, 0.717) is 29.4 Å². The van der Waals surface area contributed by atoms with E-state index >= 15 is 0 Å². The average Bonchev–Trinajstić information content (AvgIpc) is 2.78. The van der Waals surface area contributed by atoms with Gasteiger partial charge < -0.3 is 10.3 Å². The molecule has 0 saturated heterocycles. The molecule has 1 amide bonds. The third kappa shape index (κ3) is 4.25. The maximum absolute atomic E-state index is 11.8. The Morgan fingerprint density at radius 3 is 2.60 bits per heavy atom. The van der Waals surface area contributed by atoms with Crippen LogP contribution in [0.2, 0.25) is 10.0 Å². The Morgan fingerprint density at radius 2 is 2.00 bits per heavy atom. The van der Waals surface area contributed by atoms with Crippen molar-refractivity contribution in [3.8, 4) is 0 Å². The lowest BCUT2D eigenvalue weighted by molar-refractivity contribution is -0.121. The average molecular weight is 312 g/mol. The van der Waals surface area contributed by atoms with Crippen LogP contribution in [0.5, 0.6) is 0 Å². The molecule has 0 radical (unpaired) electrons. The second-order valence-electron chi connectivity index (χ2n) is 4.53. The van der Waals surface area contributed by atoms with E-state index in [4.69, 9.17) is 23.2 Å². The summed E-state index contributed by atoms with van der Waals surface area (Å²) in [7, 11) is 0. The molecule has 20 heavy (non-hydrogen) atoms. The molecule has 1 aromatic heterocycles. The fourth-order valence-electron chi connectivity index (χ4n) is 1.85. The molecule has 6 heteroatoms. The molecule has 2 N–H and O–H groups in total. The van der Waals surface area contributed by atoms with Crippen LogP contribution in [0.3, 0.4) is 0 Å². The van der Waals surface area contributed by atoms with Gasteiger partial charge in [-0.1, -0.05) is 23.2 Å². The molecule has 0 unspecified atom stereocenters. The van der Waals surface area contributed by atoms with Gasteiger partial charge in [-0.15, -0.1) is 0 Å². The second kappa shape index (κ2) is 6.77. The number of carbonyl (C=O) groups is 1. The van der Waals surface area contributed by atoms with E-state index in [-0.39, 0.29) is 5.91 Å². The van der Waals surface area contributed by atoms with Gasteiger partial charge in [-0.05, 0) is 37.1 Å². The van der Waals surface area contributed by atoms with Crippen molar-refractivity contribution in [3.63, 3.8) is 0 Å². The zero-order valence-corrected chi connectivity index (χ0v) is 12.6. The van der Waals surface area contributed by atoms with Crippen LogP contribution >= 0.6 is 23.2 Å². The Balaban J connectivity index is 1.82. The van der Waals surface area contributed by atoms with Gasteiger partial charge in [0.25, 0.3) is 0 Å². The lowest BCUT2D eigenvalue weighted by Crippen LogP contribution is -2.23. The van der Waals surface area contributed by atoms with Crippen LogP contribution in [0.15, 0.2) is 24.5 Å². The minimum Gasteiger partial charge on any atom is -0.350 e. The minimum atomic E-state index is -0.0245. The maximum Gasteiger partial charge on any atom is 0.220 e. The van der Waals surface area contributed by atoms with Gasteiger partial charge in [-0.2, -0.15) is 0 Å². The predicted molar refractivity (Wildman–Crippen MR) is 80.0 cm³/mol. The molecule has 0 aliphatic rings. The van der Waals surface area contributed by atoms with Crippen molar-refractivity contribution in [1.82, 2.24) is 15.3 Å². The van der Waals surface area contributed by atoms with Crippen molar-refractivity contribution >= 4 is 29.1 Å². The number of aryl methyl sites for hydroxylation is 2. The lowest BCUT2D eigenvalue weighted by atomic mass is 10.1. The zero-order valence-electron chi connectivity index (χ0n) is 11.0. The highest BCUT2D eigenvalue weighted by Crippen LogP contribution is 2.19. The number of nitrogens with one attached hydrogen (secondary N) is 2. The smallest absolute Gasteiger partial charge is 0.220 e. The van der Waals surface area contributed by atoms with E-state index in [1.165, 1.54) is 0 Å². The molecule has 0 atom stereocenters. The molecule has 0 bridgehead atoms. The summed E-state index contributed by atoms with van der Waals surface area (Å²) >= 11 is 11.8. The van der Waals surface area contributed by atoms with Crippen molar-refractivity contribution in [3.05, 3.63) is 51.5 Å². The minimum absolute atomic E-state index is 0.0245. The van der Waals surface area contributed by atoms with Crippen LogP contribution in [0.1, 0.15) is 23.4 Å². The van der Waals surface area contributed by atoms with Crippen LogP contribution in [-0.4, -0.2) is 15.9 Å². The van der Waals surface area contributed by atoms with Gasteiger partial charge in [0.1, 0.15) is 0 Å². The van der Waals surface area contributed by atoms with E-state index in [1.807, 2.05) is 19.1 Å². The molecule has 1 aromatic carbocycles. The van der Waals surface area contributed by atoms with Gasteiger partial charge in [0.15, 0.2) is 0 Å². The van der Waals surface area contributed by atoms with Crippen molar-refractivity contribution in [2.45, 2.75) is 26.3 Å². The summed E-state index contributed by atoms with van der Waals surface area (Å²) in [6.45, 7) is 2.35. The molecule has 2 rings (SSSR count). The van der Waals surface area contributed by atoms with Gasteiger partial charge in [-0.25, -0.2) is 4.98 Å². The van der Waals surface area contributed by atoms with Crippen molar-refractivity contribution < 1.29 is 4.79 Å². The van der Waals surface area contributed by atoms with E-state index in [9.17, 15) is 4.79 Å². The first kappa shape index (κ1) is 14.9. The number of aromatic nitrogens is 2. The third-order valence-corrected chi connectivity index (χ3v) is 3.39. The standard InChI is InChI=1S/C14H15Cl2N3O/c1-9-13(19-8-18-9)7-17-14(20)3-2-10-4-11(15)6-12(16)5-10/h4-6,8H,2-3,7H2,1H3,(H,17,20)(H,18,19). The van der Waals surface area contributed by atoms with Crippen LogP contribution in [-0.2, 0) is 17.8 Å². The number of imidazole rings is 1. The van der Waals surface area contributed by atoms with Crippen LogP contribution in [0.4, 0.5) is 0 Å². The molecule has 1 heterocycles. The number of rotatable bonds is 5. The Hall–Kier alpha value is -1.52. The second-order valence-corrected chi connectivity index (χ2v) is 5.40. The fraction of sp³-hybridized carbons (Fsp3) is 0.286. The Morgan fingerprint density at radius 1 is 1.30 bits per heavy atom. The number of nitrogens with zero attached hydrogens (tertiary/aromatic N) is 1. The summed E-state index contributed by atoms with van der Waals surface area (Å²) in [4.78, 5) is 18.9. The SMILES string of the molecule is Cc1[nH]cnc1CNC(=O)CCc1cc(Cl)cc(Cl)c1. The zero-order chi connectivity index (χ0) is 14.5. The molecule has 4 nitrogen and oxygen atoms in total. The summed E-state index contributed by atoms with van der Waals surface area (Å²) in [6.07, 6.45) is 2.61. The van der Waals surface area contributed by atoms with Gasteiger partial charge in [0.2, 0.25) is 5.91 Å². The normalized spacial score (nSPS) is 10.6. The number of amides is 1. The summed E-state index contributed by atoms with van der Waals surface area (Å²) in [5.74, 6) is -0.0245. The number of benzene rings is 1. The fourth-order valence-corrected chi connectivity index (χ4v) is 2.42. The number of hydrogen-bond acceptors (Lipinski definition) is 2. The van der Waals surface area contributed by atoms with E-state index in [0.717, 1.165) is 17.0 Å². The van der Waals surface area contributed by atoms with Crippen molar-refractivity contribution in [2.24, 2.45) is 0 Å². The summed E-state index contributed by atoms with van der Waals surface area (Å²) in [6, 6.07) is 5.31. The predicted octanol–water partition coefficient (Wildman–Crippen LogP) is 3.27. The number of hydrogen-bond donors (Lipinski definition) is 2. The van der Waals surface area contributed by atoms with Crippen molar-refractivity contribution in [2.75, 3.05) is 0 Å².